The van der Waals surface area contributed by atoms with Gasteiger partial charge in [0.1, 0.15) is 0 Å². The Morgan fingerprint density at radius 3 is 2.67 bits per heavy atom. The maximum atomic E-state index is 6.07. The molecule has 5 heteroatoms. The summed E-state index contributed by atoms with van der Waals surface area (Å²) >= 11 is 3.52. The molecule has 0 aliphatic rings. The first kappa shape index (κ1) is 18.5. The van der Waals surface area contributed by atoms with Crippen LogP contribution in [-0.2, 0) is 16.8 Å². The molecule has 24 heavy (non-hydrogen) atoms. The third kappa shape index (κ3) is 5.08. The Bertz CT molecular complexity index is 713. The molecule has 0 bridgehead atoms. The van der Waals surface area contributed by atoms with Crippen LogP contribution >= 0.6 is 15.9 Å². The number of hydrogen-bond donors (Lipinski definition) is 2. The van der Waals surface area contributed by atoms with Gasteiger partial charge in [0.2, 0.25) is 0 Å². The van der Waals surface area contributed by atoms with Crippen molar-refractivity contribution in [2.24, 2.45) is 10.7 Å². The van der Waals surface area contributed by atoms with Crippen LogP contribution in [0.2, 0.25) is 0 Å². The number of nitrogens with zero attached hydrogens (tertiary/aromatic N) is 1. The normalized spacial score (nSPS) is 12.2. The molecule has 0 saturated carbocycles. The number of guanidine groups is 1. The highest BCUT2D eigenvalue weighted by Crippen LogP contribution is 2.26. The number of methoxy groups -OCH3 is 1. The second kappa shape index (κ2) is 8.31. The Kier molecular flexibility index (Phi) is 6.40. The van der Waals surface area contributed by atoms with E-state index in [0.29, 0.717) is 19.1 Å². The Hall–Kier alpha value is -1.85. The van der Waals surface area contributed by atoms with Crippen LogP contribution in [0.1, 0.15) is 25.0 Å². The van der Waals surface area contributed by atoms with Crippen molar-refractivity contribution in [1.82, 2.24) is 0 Å². The average Bonchev–Trinajstić information content (AvgIpc) is 2.55. The predicted molar refractivity (Wildman–Crippen MR) is 104 cm³/mol. The molecule has 0 fully saturated rings. The lowest BCUT2D eigenvalue weighted by Crippen LogP contribution is -2.28. The maximum Gasteiger partial charge on any atom is 0.193 e. The highest BCUT2D eigenvalue weighted by atomic mass is 79.9. The number of ether oxygens (including phenoxy) is 1. The fourth-order valence-corrected chi connectivity index (χ4v) is 2.78. The van der Waals surface area contributed by atoms with Crippen molar-refractivity contribution >= 4 is 27.6 Å². The lowest BCUT2D eigenvalue weighted by atomic mass is 9.85. The Morgan fingerprint density at radius 1 is 1.21 bits per heavy atom. The van der Waals surface area contributed by atoms with Gasteiger partial charge in [-0.25, -0.2) is 0 Å². The zero-order valence-electron chi connectivity index (χ0n) is 14.3. The van der Waals surface area contributed by atoms with E-state index in [1.165, 1.54) is 5.56 Å². The van der Waals surface area contributed by atoms with Gasteiger partial charge in [0.15, 0.2) is 5.96 Å². The van der Waals surface area contributed by atoms with Gasteiger partial charge in [-0.1, -0.05) is 60.1 Å². The van der Waals surface area contributed by atoms with Gasteiger partial charge in [-0.3, -0.25) is 4.99 Å². The smallest absolute Gasteiger partial charge is 0.193 e. The lowest BCUT2D eigenvalue weighted by Gasteiger charge is -2.23. The monoisotopic (exact) mass is 389 g/mol. The van der Waals surface area contributed by atoms with Crippen molar-refractivity contribution in [3.63, 3.8) is 0 Å². The van der Waals surface area contributed by atoms with Crippen LogP contribution in [-0.4, -0.2) is 19.6 Å². The van der Waals surface area contributed by atoms with Gasteiger partial charge in [-0.05, 0) is 23.8 Å². The minimum absolute atomic E-state index is 0.109. The maximum absolute atomic E-state index is 6.07. The Balaban J connectivity index is 2.09. The molecule has 0 heterocycles. The highest BCUT2D eigenvalue weighted by Gasteiger charge is 2.20. The van der Waals surface area contributed by atoms with Crippen LogP contribution in [0.3, 0.4) is 0 Å². The first-order chi connectivity index (χ1) is 11.4. The van der Waals surface area contributed by atoms with Crippen molar-refractivity contribution in [2.45, 2.75) is 25.9 Å². The molecule has 0 unspecified atom stereocenters. The summed E-state index contributed by atoms with van der Waals surface area (Å²) < 4.78 is 6.27. The van der Waals surface area contributed by atoms with Crippen LogP contribution in [0.4, 0.5) is 5.69 Å². The van der Waals surface area contributed by atoms with Crippen molar-refractivity contribution in [2.75, 3.05) is 19.0 Å². The van der Waals surface area contributed by atoms with E-state index in [0.717, 1.165) is 15.7 Å². The Morgan fingerprint density at radius 2 is 1.96 bits per heavy atom. The van der Waals surface area contributed by atoms with E-state index in [1.54, 1.807) is 7.11 Å². The molecular weight excluding hydrogens is 366 g/mol. The summed E-state index contributed by atoms with van der Waals surface area (Å²) in [5, 5.41) is 3.17. The summed E-state index contributed by atoms with van der Waals surface area (Å²) in [6, 6.07) is 16.2. The van der Waals surface area contributed by atoms with Gasteiger partial charge < -0.3 is 15.8 Å². The largest absolute Gasteiger partial charge is 0.380 e. The van der Waals surface area contributed by atoms with E-state index in [4.69, 9.17) is 10.5 Å². The number of aliphatic imine (C=N–C) groups is 1. The van der Waals surface area contributed by atoms with Crippen molar-refractivity contribution < 1.29 is 4.74 Å². The second-order valence-corrected chi connectivity index (χ2v) is 7.23. The molecule has 0 aliphatic heterocycles. The van der Waals surface area contributed by atoms with Gasteiger partial charge >= 0.3 is 0 Å². The molecule has 0 saturated heterocycles. The number of nitrogens with two attached hydrogens (primary N) is 1. The van der Waals surface area contributed by atoms with Gasteiger partial charge in [0.25, 0.3) is 0 Å². The average molecular weight is 390 g/mol. The van der Waals surface area contributed by atoms with Crippen LogP contribution in [0, 0.1) is 0 Å². The number of nitrogens with one attached hydrogen (secondary N) is 1. The first-order valence-corrected chi connectivity index (χ1v) is 8.61. The third-order valence-electron chi connectivity index (χ3n) is 3.83. The van der Waals surface area contributed by atoms with Gasteiger partial charge in [-0.15, -0.1) is 0 Å². The van der Waals surface area contributed by atoms with Crippen molar-refractivity contribution in [1.29, 1.82) is 0 Å². The van der Waals surface area contributed by atoms with Crippen LogP contribution in [0.25, 0.3) is 0 Å². The number of anilines is 1. The van der Waals surface area contributed by atoms with Crippen molar-refractivity contribution in [3.05, 3.63) is 64.1 Å². The number of para-hydroxylation sites is 1. The van der Waals surface area contributed by atoms with E-state index in [9.17, 15) is 0 Å². The fourth-order valence-electron chi connectivity index (χ4n) is 2.38. The minimum Gasteiger partial charge on any atom is -0.380 e. The number of rotatable bonds is 6. The summed E-state index contributed by atoms with van der Waals surface area (Å²) in [5.74, 6) is 0.404. The molecule has 0 aromatic heterocycles. The predicted octanol–water partition coefficient (Wildman–Crippen LogP) is 4.30. The summed E-state index contributed by atoms with van der Waals surface area (Å²) in [4.78, 5) is 4.53. The van der Waals surface area contributed by atoms with Crippen LogP contribution < -0.4 is 11.1 Å². The zero-order valence-corrected chi connectivity index (χ0v) is 15.9. The molecule has 0 atom stereocenters. The topological polar surface area (TPSA) is 59.6 Å². The molecule has 2 rings (SSSR count). The molecule has 0 spiro atoms. The Labute approximate surface area is 152 Å². The molecular formula is C19H24BrN3O. The molecule has 2 aromatic carbocycles. The molecule has 0 radical (unpaired) electrons. The molecule has 2 aromatic rings. The quantitative estimate of drug-likeness (QED) is 0.571. The van der Waals surface area contributed by atoms with Crippen LogP contribution in [0.15, 0.2) is 58.0 Å². The minimum atomic E-state index is -0.109. The van der Waals surface area contributed by atoms with E-state index >= 15 is 0 Å². The van der Waals surface area contributed by atoms with Crippen LogP contribution in [0.5, 0.6) is 0 Å². The van der Waals surface area contributed by atoms with Gasteiger partial charge in [-0.2, -0.15) is 0 Å². The molecule has 128 valence electrons. The number of benzene rings is 2. The fraction of sp³-hybridized carbons (Fsp3) is 0.316. The standard InChI is InChI=1S/C19H24BrN3O/c1-19(2,15-8-6-9-16(20)11-15)13-22-18(21)23-17-10-5-4-7-14(17)12-24-3/h4-11H,12-13H2,1-3H3,(H3,21,22,23). The first-order valence-electron chi connectivity index (χ1n) is 7.82. The number of halogens is 1. The summed E-state index contributed by atoms with van der Waals surface area (Å²) in [7, 11) is 1.68. The van der Waals surface area contributed by atoms with E-state index < -0.39 is 0 Å². The summed E-state index contributed by atoms with van der Waals surface area (Å²) in [6.45, 7) is 5.43. The molecule has 0 aliphatic carbocycles. The van der Waals surface area contributed by atoms with Gasteiger partial charge in [0.05, 0.1) is 13.2 Å². The summed E-state index contributed by atoms with van der Waals surface area (Å²) in [5.41, 5.74) is 9.14. The van der Waals surface area contributed by atoms with E-state index in [-0.39, 0.29) is 5.41 Å². The van der Waals surface area contributed by atoms with Gasteiger partial charge in [0, 0.05) is 28.2 Å². The molecule has 4 nitrogen and oxygen atoms in total. The lowest BCUT2D eigenvalue weighted by molar-refractivity contribution is 0.185. The third-order valence-corrected chi connectivity index (χ3v) is 4.32. The number of hydrogen-bond acceptors (Lipinski definition) is 2. The molecule has 3 N–H and O–H groups in total. The summed E-state index contributed by atoms with van der Waals surface area (Å²) in [6.07, 6.45) is 0. The molecule has 0 amide bonds. The zero-order chi connectivity index (χ0) is 17.6. The van der Waals surface area contributed by atoms with E-state index in [2.05, 4.69) is 52.2 Å². The second-order valence-electron chi connectivity index (χ2n) is 6.31. The van der Waals surface area contributed by atoms with Crippen molar-refractivity contribution in [3.8, 4) is 0 Å². The van der Waals surface area contributed by atoms with E-state index in [1.807, 2.05) is 36.4 Å². The SMILES string of the molecule is COCc1ccccc1NC(N)=NCC(C)(C)c1cccc(Br)c1. The highest BCUT2D eigenvalue weighted by molar-refractivity contribution is 9.10.